The van der Waals surface area contributed by atoms with E-state index in [9.17, 15) is 9.59 Å². The Hall–Kier alpha value is -2.46. The summed E-state index contributed by atoms with van der Waals surface area (Å²) in [6, 6.07) is 14.8. The molecule has 4 aromatic rings. The molecule has 0 radical (unpaired) electrons. The number of thiazole rings is 2. The molecule has 0 N–H and O–H groups in total. The Balaban J connectivity index is 1.34. The minimum atomic E-state index is -0.350. The lowest BCUT2D eigenvalue weighted by Gasteiger charge is -2.18. The van der Waals surface area contributed by atoms with E-state index in [4.69, 9.17) is 16.3 Å². The number of ether oxygens (including phenoxy) is 1. The zero-order valence-corrected chi connectivity index (χ0v) is 19.5. The Bertz CT molecular complexity index is 1210. The molecule has 0 aliphatic rings. The lowest BCUT2D eigenvalue weighted by atomic mass is 10.3. The van der Waals surface area contributed by atoms with Gasteiger partial charge in [-0.3, -0.25) is 14.5 Å². The van der Waals surface area contributed by atoms with Crippen LogP contribution in [0.2, 0.25) is 5.02 Å². The summed E-state index contributed by atoms with van der Waals surface area (Å²) in [4.78, 5) is 34.7. The van der Waals surface area contributed by atoms with Crippen molar-refractivity contribution in [2.75, 3.05) is 10.7 Å². The molecular formula is C21H16ClN3O3S3. The summed E-state index contributed by atoms with van der Waals surface area (Å²) in [6.07, 6.45) is 0. The first-order chi connectivity index (χ1) is 15.0. The molecule has 0 saturated heterocycles. The normalized spacial score (nSPS) is 10.9. The number of aromatic nitrogens is 2. The molecule has 0 bridgehead atoms. The van der Waals surface area contributed by atoms with Gasteiger partial charge in [-0.2, -0.15) is 0 Å². The van der Waals surface area contributed by atoms with Crippen molar-refractivity contribution in [1.82, 2.24) is 9.97 Å². The van der Waals surface area contributed by atoms with Crippen molar-refractivity contribution in [3.8, 4) is 0 Å². The molecule has 4 rings (SSSR count). The van der Waals surface area contributed by atoms with Crippen LogP contribution in [0.1, 0.15) is 12.6 Å². The topological polar surface area (TPSA) is 72.4 Å². The maximum Gasteiger partial charge on any atom is 0.316 e. The smallest absolute Gasteiger partial charge is 0.316 e. The highest BCUT2D eigenvalue weighted by Crippen LogP contribution is 2.31. The fourth-order valence-electron chi connectivity index (χ4n) is 2.74. The zero-order chi connectivity index (χ0) is 21.8. The van der Waals surface area contributed by atoms with Gasteiger partial charge in [0.05, 0.1) is 27.4 Å². The van der Waals surface area contributed by atoms with Crippen LogP contribution < -0.4 is 4.90 Å². The van der Waals surface area contributed by atoms with Crippen LogP contribution in [0.5, 0.6) is 0 Å². The predicted octanol–water partition coefficient (Wildman–Crippen LogP) is 5.93. The van der Waals surface area contributed by atoms with Crippen molar-refractivity contribution >= 4 is 78.9 Å². The number of para-hydroxylation sites is 1. The molecule has 0 unspecified atom stereocenters. The first kappa shape index (κ1) is 21.8. The number of esters is 1. The summed E-state index contributed by atoms with van der Waals surface area (Å²) in [7, 11) is 0. The Morgan fingerprint density at radius 1 is 1.16 bits per heavy atom. The minimum Gasteiger partial charge on any atom is -0.459 e. The molecule has 31 heavy (non-hydrogen) atoms. The molecule has 2 aromatic carbocycles. The van der Waals surface area contributed by atoms with Gasteiger partial charge in [-0.15, -0.1) is 22.7 Å². The predicted molar refractivity (Wildman–Crippen MR) is 127 cm³/mol. The van der Waals surface area contributed by atoms with Crippen LogP contribution in [-0.4, -0.2) is 27.6 Å². The van der Waals surface area contributed by atoms with Crippen LogP contribution in [0, 0.1) is 0 Å². The van der Waals surface area contributed by atoms with E-state index in [1.165, 1.54) is 34.9 Å². The van der Waals surface area contributed by atoms with Gasteiger partial charge in [0.15, 0.2) is 9.47 Å². The number of carbonyl (C=O) groups is 2. The second-order valence-electron chi connectivity index (χ2n) is 6.35. The van der Waals surface area contributed by atoms with Crippen LogP contribution in [0.25, 0.3) is 10.2 Å². The second-order valence-corrected chi connectivity index (χ2v) is 9.88. The number of hydrogen-bond acceptors (Lipinski definition) is 8. The largest absolute Gasteiger partial charge is 0.459 e. The van der Waals surface area contributed by atoms with Crippen molar-refractivity contribution in [1.29, 1.82) is 0 Å². The molecule has 0 saturated carbocycles. The van der Waals surface area contributed by atoms with Gasteiger partial charge in [-0.25, -0.2) is 9.97 Å². The molecule has 0 atom stereocenters. The van der Waals surface area contributed by atoms with Crippen molar-refractivity contribution in [3.63, 3.8) is 0 Å². The van der Waals surface area contributed by atoms with Gasteiger partial charge < -0.3 is 4.74 Å². The van der Waals surface area contributed by atoms with Gasteiger partial charge in [-0.05, 0) is 30.3 Å². The number of carbonyl (C=O) groups excluding carboxylic acids is 2. The van der Waals surface area contributed by atoms with E-state index in [2.05, 4.69) is 9.97 Å². The average Bonchev–Trinajstić information content (AvgIpc) is 3.37. The SMILES string of the molecule is CC(=O)N(c1cccc(Cl)c1)c1nc(COC(=O)CSc2nc3ccccc3s2)cs1. The van der Waals surface area contributed by atoms with Gasteiger partial charge >= 0.3 is 5.97 Å². The fourth-order valence-corrected chi connectivity index (χ4v) is 5.66. The Morgan fingerprint density at radius 3 is 2.77 bits per heavy atom. The third-order valence-electron chi connectivity index (χ3n) is 4.08. The highest BCUT2D eigenvalue weighted by Gasteiger charge is 2.19. The lowest BCUT2D eigenvalue weighted by molar-refractivity contribution is -0.141. The molecule has 2 heterocycles. The lowest BCUT2D eigenvalue weighted by Crippen LogP contribution is -2.22. The molecule has 1 amide bonds. The van der Waals surface area contributed by atoms with Crippen LogP contribution in [0.3, 0.4) is 0 Å². The van der Waals surface area contributed by atoms with E-state index < -0.39 is 0 Å². The van der Waals surface area contributed by atoms with E-state index in [-0.39, 0.29) is 24.2 Å². The molecule has 0 spiro atoms. The number of anilines is 2. The number of amides is 1. The maximum absolute atomic E-state index is 12.2. The summed E-state index contributed by atoms with van der Waals surface area (Å²) >= 11 is 10.2. The number of hydrogen-bond donors (Lipinski definition) is 0. The van der Waals surface area contributed by atoms with Gasteiger partial charge in [0, 0.05) is 17.3 Å². The van der Waals surface area contributed by atoms with Crippen LogP contribution >= 0.6 is 46.0 Å². The first-order valence-electron chi connectivity index (χ1n) is 9.14. The van der Waals surface area contributed by atoms with E-state index in [0.29, 0.717) is 21.5 Å². The fraction of sp³-hybridized carbons (Fsp3) is 0.143. The highest BCUT2D eigenvalue weighted by atomic mass is 35.5. The summed E-state index contributed by atoms with van der Waals surface area (Å²) < 4.78 is 7.25. The van der Waals surface area contributed by atoms with E-state index in [0.717, 1.165) is 14.6 Å². The van der Waals surface area contributed by atoms with Gasteiger partial charge in [0.25, 0.3) is 0 Å². The molecule has 6 nitrogen and oxygen atoms in total. The van der Waals surface area contributed by atoms with Gasteiger partial charge in [0.2, 0.25) is 5.91 Å². The van der Waals surface area contributed by atoms with Crippen molar-refractivity contribution in [2.45, 2.75) is 17.9 Å². The van der Waals surface area contributed by atoms with Crippen molar-refractivity contribution in [3.05, 3.63) is 64.6 Å². The highest BCUT2D eigenvalue weighted by molar-refractivity contribution is 8.01. The standard InChI is InChI=1S/C21H16ClN3O3S3/c1-13(26)25(16-6-4-5-14(22)9-16)20-23-15(11-29-20)10-28-19(27)12-30-21-24-17-7-2-3-8-18(17)31-21/h2-9,11H,10,12H2,1H3. The summed E-state index contributed by atoms with van der Waals surface area (Å²) in [5, 5.41) is 2.79. The number of rotatable bonds is 7. The van der Waals surface area contributed by atoms with Crippen LogP contribution in [-0.2, 0) is 20.9 Å². The molecule has 2 aromatic heterocycles. The van der Waals surface area contributed by atoms with Gasteiger partial charge in [0.1, 0.15) is 6.61 Å². The summed E-state index contributed by atoms with van der Waals surface area (Å²) in [5.74, 6) is -0.372. The van der Waals surface area contributed by atoms with Gasteiger partial charge in [-0.1, -0.05) is 41.6 Å². The number of fused-ring (bicyclic) bond motifs is 1. The number of nitrogens with zero attached hydrogens (tertiary/aromatic N) is 3. The third kappa shape index (κ3) is 5.43. The zero-order valence-electron chi connectivity index (χ0n) is 16.3. The minimum absolute atomic E-state index is 0.0387. The number of halogens is 1. The average molecular weight is 490 g/mol. The molecule has 0 fully saturated rings. The van der Waals surface area contributed by atoms with E-state index in [1.807, 2.05) is 24.3 Å². The molecule has 0 aliphatic carbocycles. The van der Waals surface area contributed by atoms with E-state index in [1.54, 1.807) is 41.0 Å². The number of thioether (sulfide) groups is 1. The Labute approximate surface area is 195 Å². The Kier molecular flexibility index (Phi) is 6.86. The maximum atomic E-state index is 12.2. The third-order valence-corrected chi connectivity index (χ3v) is 7.34. The molecule has 0 aliphatic heterocycles. The molecule has 10 heteroatoms. The molecule has 158 valence electrons. The van der Waals surface area contributed by atoms with Crippen LogP contribution in [0.4, 0.5) is 10.8 Å². The van der Waals surface area contributed by atoms with Crippen LogP contribution in [0.15, 0.2) is 58.3 Å². The number of benzene rings is 2. The first-order valence-corrected chi connectivity index (χ1v) is 12.2. The van der Waals surface area contributed by atoms with E-state index >= 15 is 0 Å². The monoisotopic (exact) mass is 489 g/mol. The Morgan fingerprint density at radius 2 is 2.00 bits per heavy atom. The summed E-state index contributed by atoms with van der Waals surface area (Å²) in [6.45, 7) is 1.50. The quantitative estimate of drug-likeness (QED) is 0.237. The van der Waals surface area contributed by atoms with Crippen molar-refractivity contribution < 1.29 is 14.3 Å². The second kappa shape index (κ2) is 9.78. The van der Waals surface area contributed by atoms with Crippen molar-refractivity contribution in [2.24, 2.45) is 0 Å². The molecular weight excluding hydrogens is 474 g/mol. The summed E-state index contributed by atoms with van der Waals surface area (Å²) in [5.41, 5.74) is 2.13.